The number of carboxylic acids is 2. The highest BCUT2D eigenvalue weighted by molar-refractivity contribution is 6.14. The molecule has 0 saturated heterocycles. The maximum Gasteiger partial charge on any atom is 0.346 e. The first kappa shape index (κ1) is 25.2. The van der Waals surface area contributed by atoms with Crippen molar-refractivity contribution in [2.24, 2.45) is 5.41 Å². The van der Waals surface area contributed by atoms with Gasteiger partial charge in [0, 0.05) is 18.3 Å². The Morgan fingerprint density at radius 2 is 1.21 bits per heavy atom. The lowest BCUT2D eigenvalue weighted by molar-refractivity contribution is -0.139. The fraction of sp³-hybridized carbons (Fsp3) is 0.474. The number of cyclic esters (lactones) is 2. The molecule has 1 heterocycles. The second-order valence-electron chi connectivity index (χ2n) is 6.70. The number of unbranched alkanes of at least 4 members (excludes halogenated alkanes) is 1. The van der Waals surface area contributed by atoms with Crippen molar-refractivity contribution in [2.45, 2.75) is 39.5 Å². The molecular formula is C19H26O9. The molecule has 0 amide bonds. The Bertz CT molecular complexity index is 625. The molecule has 1 aromatic carbocycles. The molecule has 0 aromatic heterocycles. The van der Waals surface area contributed by atoms with Crippen molar-refractivity contribution in [3.63, 3.8) is 0 Å². The zero-order valence-electron chi connectivity index (χ0n) is 15.9. The minimum atomic E-state index is -0.870. The second kappa shape index (κ2) is 12.6. The van der Waals surface area contributed by atoms with E-state index in [4.69, 9.17) is 20.4 Å². The third kappa shape index (κ3) is 10.4. The molecule has 0 spiro atoms. The van der Waals surface area contributed by atoms with Gasteiger partial charge in [-0.1, -0.05) is 26.0 Å². The molecule has 1 aromatic rings. The zero-order valence-corrected chi connectivity index (χ0v) is 15.9. The van der Waals surface area contributed by atoms with Gasteiger partial charge in [0.25, 0.3) is 0 Å². The van der Waals surface area contributed by atoms with E-state index in [-0.39, 0.29) is 31.5 Å². The standard InChI is InChI=1S/C8H4O3.C6H10O4.C5H12O2/c9-7-5-3-1-2-4-6(5)8(10)11-7;7-5(8)3-1-2-4-6(9)10;1-5(2,3-6)4-7/h1-4H;1-4H2,(H,7,8)(H,9,10);6-7H,3-4H2,1-2H3. The monoisotopic (exact) mass is 398 g/mol. The lowest BCUT2D eigenvalue weighted by atomic mass is 9.97. The molecule has 28 heavy (non-hydrogen) atoms. The number of carbonyl (C=O) groups is 4. The summed E-state index contributed by atoms with van der Waals surface area (Å²) in [4.78, 5) is 41.5. The van der Waals surface area contributed by atoms with Crippen LogP contribution in [-0.4, -0.2) is 57.5 Å². The van der Waals surface area contributed by atoms with Crippen molar-refractivity contribution in [2.75, 3.05) is 13.2 Å². The van der Waals surface area contributed by atoms with E-state index in [1.54, 1.807) is 38.1 Å². The van der Waals surface area contributed by atoms with Gasteiger partial charge in [-0.3, -0.25) is 9.59 Å². The highest BCUT2D eigenvalue weighted by atomic mass is 16.6. The molecule has 0 fully saturated rings. The number of aliphatic carboxylic acids is 2. The number of hydrogen-bond donors (Lipinski definition) is 4. The molecular weight excluding hydrogens is 372 g/mol. The van der Waals surface area contributed by atoms with E-state index >= 15 is 0 Å². The van der Waals surface area contributed by atoms with Crippen LogP contribution < -0.4 is 0 Å². The number of aliphatic hydroxyl groups is 2. The molecule has 4 N–H and O–H groups in total. The van der Waals surface area contributed by atoms with Crippen LogP contribution in [0.3, 0.4) is 0 Å². The maximum atomic E-state index is 10.8. The van der Waals surface area contributed by atoms with Gasteiger partial charge in [-0.05, 0) is 25.0 Å². The van der Waals surface area contributed by atoms with Gasteiger partial charge in [0.15, 0.2) is 0 Å². The van der Waals surface area contributed by atoms with Crippen LogP contribution in [0.2, 0.25) is 0 Å². The summed E-state index contributed by atoms with van der Waals surface area (Å²) in [5.74, 6) is -2.84. The number of esters is 2. The van der Waals surface area contributed by atoms with E-state index < -0.39 is 23.9 Å². The van der Waals surface area contributed by atoms with Crippen molar-refractivity contribution in [1.82, 2.24) is 0 Å². The minimum Gasteiger partial charge on any atom is -0.481 e. The Kier molecular flexibility index (Phi) is 11.3. The van der Waals surface area contributed by atoms with Crippen LogP contribution in [0, 0.1) is 5.41 Å². The Morgan fingerprint density at radius 3 is 1.46 bits per heavy atom. The normalized spacial score (nSPS) is 12.0. The Balaban J connectivity index is 0.000000403. The lowest BCUT2D eigenvalue weighted by Gasteiger charge is -2.16. The van der Waals surface area contributed by atoms with E-state index in [9.17, 15) is 19.2 Å². The van der Waals surface area contributed by atoms with Gasteiger partial charge in [0.1, 0.15) is 0 Å². The smallest absolute Gasteiger partial charge is 0.346 e. The molecule has 2 rings (SSSR count). The summed E-state index contributed by atoms with van der Waals surface area (Å²) in [6.45, 7) is 3.69. The highest BCUT2D eigenvalue weighted by Gasteiger charge is 2.28. The van der Waals surface area contributed by atoms with Crippen LogP contribution in [-0.2, 0) is 14.3 Å². The number of hydrogen-bond acceptors (Lipinski definition) is 7. The summed E-state index contributed by atoms with van der Waals surface area (Å²) in [5.41, 5.74) is 0.412. The molecule has 0 radical (unpaired) electrons. The fourth-order valence-electron chi connectivity index (χ4n) is 1.64. The molecule has 1 aliphatic rings. The van der Waals surface area contributed by atoms with Crippen LogP contribution >= 0.6 is 0 Å². The number of aliphatic hydroxyl groups excluding tert-OH is 2. The minimum absolute atomic E-state index is 0.0451. The molecule has 156 valence electrons. The molecule has 0 saturated carbocycles. The quantitative estimate of drug-likeness (QED) is 0.305. The van der Waals surface area contributed by atoms with Gasteiger partial charge in [-0.15, -0.1) is 0 Å². The number of benzene rings is 1. The molecule has 0 aliphatic carbocycles. The van der Waals surface area contributed by atoms with Crippen LogP contribution in [0.15, 0.2) is 24.3 Å². The fourth-order valence-corrected chi connectivity index (χ4v) is 1.64. The maximum absolute atomic E-state index is 10.8. The van der Waals surface area contributed by atoms with Gasteiger partial charge in [-0.2, -0.15) is 0 Å². The Morgan fingerprint density at radius 1 is 0.857 bits per heavy atom. The number of carboxylic acid groups (broad SMARTS) is 2. The van der Waals surface area contributed by atoms with E-state index in [2.05, 4.69) is 4.74 Å². The summed E-state index contributed by atoms with van der Waals surface area (Å²) in [5, 5.41) is 33.1. The largest absolute Gasteiger partial charge is 0.481 e. The van der Waals surface area contributed by atoms with Crippen molar-refractivity contribution in [3.05, 3.63) is 35.4 Å². The van der Waals surface area contributed by atoms with Gasteiger partial charge in [0.2, 0.25) is 0 Å². The highest BCUT2D eigenvalue weighted by Crippen LogP contribution is 2.18. The van der Waals surface area contributed by atoms with Crippen LogP contribution in [0.25, 0.3) is 0 Å². The summed E-state index contributed by atoms with van der Waals surface area (Å²) in [6.07, 6.45) is 1.02. The van der Waals surface area contributed by atoms with Crippen molar-refractivity contribution >= 4 is 23.9 Å². The summed E-state index contributed by atoms with van der Waals surface area (Å²) in [6, 6.07) is 6.53. The molecule has 9 nitrogen and oxygen atoms in total. The molecule has 0 unspecified atom stereocenters. The topological polar surface area (TPSA) is 158 Å². The van der Waals surface area contributed by atoms with E-state index in [0.717, 1.165) is 0 Å². The number of rotatable bonds is 7. The first-order valence-electron chi connectivity index (χ1n) is 8.55. The summed E-state index contributed by atoms with van der Waals surface area (Å²) < 4.78 is 4.35. The molecule has 1 aliphatic heterocycles. The van der Waals surface area contributed by atoms with Crippen molar-refractivity contribution < 1.29 is 44.3 Å². The number of carbonyl (C=O) groups excluding carboxylic acids is 2. The number of fused-ring (bicyclic) bond motifs is 1. The average Bonchev–Trinajstić information content (AvgIpc) is 2.94. The molecule has 0 bridgehead atoms. The third-order valence-corrected chi connectivity index (χ3v) is 3.44. The van der Waals surface area contributed by atoms with E-state index in [0.29, 0.717) is 24.0 Å². The zero-order chi connectivity index (χ0) is 21.7. The van der Waals surface area contributed by atoms with Gasteiger partial charge in [-0.25, -0.2) is 9.59 Å². The second-order valence-corrected chi connectivity index (χ2v) is 6.70. The molecule has 0 atom stereocenters. The van der Waals surface area contributed by atoms with Crippen molar-refractivity contribution in [3.8, 4) is 0 Å². The number of ether oxygens (including phenoxy) is 1. The average molecular weight is 398 g/mol. The van der Waals surface area contributed by atoms with E-state index in [1.807, 2.05) is 0 Å². The predicted molar refractivity (Wildman–Crippen MR) is 97.9 cm³/mol. The Labute approximate surface area is 162 Å². The van der Waals surface area contributed by atoms with Gasteiger partial charge < -0.3 is 25.2 Å². The van der Waals surface area contributed by atoms with Gasteiger partial charge >= 0.3 is 23.9 Å². The first-order chi connectivity index (χ1) is 13.0. The lowest BCUT2D eigenvalue weighted by Crippen LogP contribution is -2.20. The first-order valence-corrected chi connectivity index (χ1v) is 8.55. The van der Waals surface area contributed by atoms with Crippen molar-refractivity contribution in [1.29, 1.82) is 0 Å². The van der Waals surface area contributed by atoms with E-state index in [1.165, 1.54) is 0 Å². The summed E-state index contributed by atoms with van der Waals surface area (Å²) >= 11 is 0. The Hall–Kier alpha value is -2.78. The van der Waals surface area contributed by atoms with Crippen LogP contribution in [0.1, 0.15) is 60.2 Å². The predicted octanol–water partition coefficient (Wildman–Crippen LogP) is 1.71. The summed E-state index contributed by atoms with van der Waals surface area (Å²) in [7, 11) is 0. The third-order valence-electron chi connectivity index (χ3n) is 3.44. The van der Waals surface area contributed by atoms with Gasteiger partial charge in [0.05, 0.1) is 24.3 Å². The van der Waals surface area contributed by atoms with Crippen LogP contribution in [0.4, 0.5) is 0 Å². The van der Waals surface area contributed by atoms with Crippen LogP contribution in [0.5, 0.6) is 0 Å². The molecule has 9 heteroatoms. The SMILES string of the molecule is CC(C)(CO)CO.O=C(O)CCCCC(=O)O.O=C1OC(=O)c2ccccc21.